The van der Waals surface area contributed by atoms with Crippen molar-refractivity contribution in [1.29, 1.82) is 0 Å². The number of halogens is 1. The number of amides is 2. The van der Waals surface area contributed by atoms with E-state index >= 15 is 0 Å². The second-order valence-corrected chi connectivity index (χ2v) is 7.76. The Morgan fingerprint density at radius 1 is 1.31 bits per heavy atom. The van der Waals surface area contributed by atoms with Crippen LogP contribution in [0.15, 0.2) is 24.3 Å². The smallest absolute Gasteiger partial charge is 0.225 e. The highest BCUT2D eigenvalue weighted by molar-refractivity contribution is 5.85. The van der Waals surface area contributed by atoms with E-state index in [0.29, 0.717) is 19.5 Å². The first-order valence-electron chi connectivity index (χ1n) is 9.38. The molecule has 1 aromatic rings. The maximum absolute atomic E-state index is 12.5. The van der Waals surface area contributed by atoms with Gasteiger partial charge in [-0.05, 0) is 37.3 Å². The first kappa shape index (κ1) is 20.7. The first-order chi connectivity index (χ1) is 12.0. The standard InChI is InChI=1S/C20H29N3O2.ClH/c1-20(21)10-3-2-8-17(20)19(25)22-13-15-6-4-7-16(12-15)14-23-11-5-9-18(23)24;/h4,6-7,12,17H,2-3,5,8-11,13-14,21H2,1H3,(H,22,25);1H. The Hall–Kier alpha value is -1.59. The fourth-order valence-electron chi connectivity index (χ4n) is 4.03. The maximum Gasteiger partial charge on any atom is 0.225 e. The Morgan fingerprint density at radius 3 is 2.77 bits per heavy atom. The Bertz CT molecular complexity index is 648. The molecule has 2 aliphatic rings. The van der Waals surface area contributed by atoms with Gasteiger partial charge in [0.2, 0.25) is 11.8 Å². The summed E-state index contributed by atoms with van der Waals surface area (Å²) >= 11 is 0. The van der Waals surface area contributed by atoms with Gasteiger partial charge >= 0.3 is 0 Å². The summed E-state index contributed by atoms with van der Waals surface area (Å²) in [5.74, 6) is 0.190. The Balaban J connectivity index is 0.00000243. The van der Waals surface area contributed by atoms with Crippen LogP contribution in [-0.2, 0) is 22.7 Å². The topological polar surface area (TPSA) is 75.4 Å². The van der Waals surface area contributed by atoms with Gasteiger partial charge in [-0.15, -0.1) is 12.4 Å². The number of likely N-dealkylation sites (tertiary alicyclic amines) is 1. The number of nitrogens with two attached hydrogens (primary N) is 1. The van der Waals surface area contributed by atoms with Gasteiger partial charge in [-0.25, -0.2) is 0 Å². The third kappa shape index (κ3) is 4.98. The van der Waals surface area contributed by atoms with Crippen molar-refractivity contribution in [2.45, 2.75) is 64.1 Å². The molecule has 144 valence electrons. The zero-order valence-electron chi connectivity index (χ0n) is 15.5. The van der Waals surface area contributed by atoms with E-state index in [4.69, 9.17) is 5.73 Å². The molecule has 6 heteroatoms. The number of nitrogens with zero attached hydrogens (tertiary/aromatic N) is 1. The average Bonchev–Trinajstić information content (AvgIpc) is 2.97. The number of carbonyl (C=O) groups excluding carboxylic acids is 2. The molecule has 0 bridgehead atoms. The molecule has 2 fully saturated rings. The number of benzene rings is 1. The largest absolute Gasteiger partial charge is 0.352 e. The normalized spacial score (nSPS) is 25.7. The number of hydrogen-bond acceptors (Lipinski definition) is 3. The van der Waals surface area contributed by atoms with Crippen LogP contribution in [0.4, 0.5) is 0 Å². The highest BCUT2D eigenvalue weighted by Crippen LogP contribution is 2.31. The van der Waals surface area contributed by atoms with Crippen molar-refractivity contribution < 1.29 is 9.59 Å². The quantitative estimate of drug-likeness (QED) is 0.825. The second-order valence-electron chi connectivity index (χ2n) is 7.76. The summed E-state index contributed by atoms with van der Waals surface area (Å²) in [5, 5.41) is 3.05. The monoisotopic (exact) mass is 379 g/mol. The first-order valence-corrected chi connectivity index (χ1v) is 9.38. The van der Waals surface area contributed by atoms with Gasteiger partial charge in [-0.1, -0.05) is 37.1 Å². The molecule has 2 unspecified atom stereocenters. The summed E-state index contributed by atoms with van der Waals surface area (Å²) in [7, 11) is 0. The summed E-state index contributed by atoms with van der Waals surface area (Å²) in [6.07, 6.45) is 5.57. The van der Waals surface area contributed by atoms with Crippen LogP contribution in [0.1, 0.15) is 56.6 Å². The third-order valence-electron chi connectivity index (χ3n) is 5.57. The molecule has 2 atom stereocenters. The van der Waals surface area contributed by atoms with Gasteiger partial charge in [0.1, 0.15) is 0 Å². The predicted octanol–water partition coefficient (Wildman–Crippen LogP) is 2.75. The van der Waals surface area contributed by atoms with Crippen LogP contribution in [0.2, 0.25) is 0 Å². The molecule has 0 spiro atoms. The minimum atomic E-state index is -0.402. The number of carbonyl (C=O) groups is 2. The molecule has 0 aromatic heterocycles. The summed E-state index contributed by atoms with van der Waals surface area (Å²) < 4.78 is 0. The van der Waals surface area contributed by atoms with Crippen LogP contribution < -0.4 is 11.1 Å². The van der Waals surface area contributed by atoms with Gasteiger partial charge in [0.05, 0.1) is 5.92 Å². The van der Waals surface area contributed by atoms with Gasteiger partial charge in [-0.2, -0.15) is 0 Å². The minimum absolute atomic E-state index is 0. The lowest BCUT2D eigenvalue weighted by molar-refractivity contribution is -0.129. The van der Waals surface area contributed by atoms with Crippen molar-refractivity contribution in [3.63, 3.8) is 0 Å². The second kappa shape index (κ2) is 8.87. The molecule has 1 saturated heterocycles. The molecule has 1 saturated carbocycles. The fraction of sp³-hybridized carbons (Fsp3) is 0.600. The Kier molecular flexibility index (Phi) is 7.07. The molecular weight excluding hydrogens is 350 g/mol. The lowest BCUT2D eigenvalue weighted by Gasteiger charge is -2.37. The van der Waals surface area contributed by atoms with E-state index in [1.807, 2.05) is 30.0 Å². The molecule has 26 heavy (non-hydrogen) atoms. The summed E-state index contributed by atoms with van der Waals surface area (Å²) in [4.78, 5) is 26.2. The molecule has 1 aromatic carbocycles. The number of nitrogens with one attached hydrogen (secondary N) is 1. The predicted molar refractivity (Wildman–Crippen MR) is 105 cm³/mol. The molecule has 5 nitrogen and oxygen atoms in total. The molecule has 1 aliphatic carbocycles. The van der Waals surface area contributed by atoms with Crippen LogP contribution in [0.25, 0.3) is 0 Å². The van der Waals surface area contributed by atoms with E-state index < -0.39 is 5.54 Å². The highest BCUT2D eigenvalue weighted by atomic mass is 35.5. The van der Waals surface area contributed by atoms with Gasteiger partial charge in [0.25, 0.3) is 0 Å². The maximum atomic E-state index is 12.5. The van der Waals surface area contributed by atoms with Gasteiger partial charge in [-0.3, -0.25) is 9.59 Å². The molecular formula is C20H30ClN3O2. The summed E-state index contributed by atoms with van der Waals surface area (Å²) in [6.45, 7) is 4.00. The van der Waals surface area contributed by atoms with E-state index in [1.165, 1.54) is 0 Å². The van der Waals surface area contributed by atoms with Crippen molar-refractivity contribution in [2.24, 2.45) is 11.7 Å². The fourth-order valence-corrected chi connectivity index (χ4v) is 4.03. The lowest BCUT2D eigenvalue weighted by Crippen LogP contribution is -2.52. The van der Waals surface area contributed by atoms with Crippen LogP contribution in [0, 0.1) is 5.92 Å². The third-order valence-corrected chi connectivity index (χ3v) is 5.57. The van der Waals surface area contributed by atoms with Crippen molar-refractivity contribution in [2.75, 3.05) is 6.54 Å². The van der Waals surface area contributed by atoms with E-state index in [2.05, 4.69) is 11.4 Å². The Morgan fingerprint density at radius 2 is 2.08 bits per heavy atom. The molecule has 2 amide bonds. The summed E-state index contributed by atoms with van der Waals surface area (Å²) in [5.41, 5.74) is 8.10. The molecule has 1 heterocycles. The van der Waals surface area contributed by atoms with Crippen molar-refractivity contribution in [3.05, 3.63) is 35.4 Å². The van der Waals surface area contributed by atoms with Crippen molar-refractivity contribution in [1.82, 2.24) is 10.2 Å². The van der Waals surface area contributed by atoms with Gasteiger partial charge in [0, 0.05) is 31.6 Å². The van der Waals surface area contributed by atoms with E-state index in [-0.39, 0.29) is 30.1 Å². The lowest BCUT2D eigenvalue weighted by atomic mass is 9.74. The SMILES string of the molecule is CC1(N)CCCCC1C(=O)NCc1cccc(CN2CCCC2=O)c1.Cl. The van der Waals surface area contributed by atoms with Crippen LogP contribution in [-0.4, -0.2) is 28.8 Å². The van der Waals surface area contributed by atoms with Crippen molar-refractivity contribution in [3.8, 4) is 0 Å². The molecule has 1 aliphatic heterocycles. The molecule has 3 rings (SSSR count). The highest BCUT2D eigenvalue weighted by Gasteiger charge is 2.37. The summed E-state index contributed by atoms with van der Waals surface area (Å²) in [6, 6.07) is 8.12. The van der Waals surface area contributed by atoms with Crippen molar-refractivity contribution >= 4 is 24.2 Å². The van der Waals surface area contributed by atoms with E-state index in [1.54, 1.807) is 0 Å². The number of hydrogen-bond donors (Lipinski definition) is 2. The van der Waals surface area contributed by atoms with E-state index in [9.17, 15) is 9.59 Å². The van der Waals surface area contributed by atoms with Crippen LogP contribution in [0.5, 0.6) is 0 Å². The number of rotatable bonds is 5. The molecule has 3 N–H and O–H groups in total. The minimum Gasteiger partial charge on any atom is -0.352 e. The van der Waals surface area contributed by atoms with E-state index in [0.717, 1.165) is 49.8 Å². The molecule has 0 radical (unpaired) electrons. The average molecular weight is 380 g/mol. The van der Waals surface area contributed by atoms with Crippen LogP contribution in [0.3, 0.4) is 0 Å². The zero-order valence-corrected chi connectivity index (χ0v) is 16.3. The van der Waals surface area contributed by atoms with Gasteiger partial charge < -0.3 is 16.0 Å². The van der Waals surface area contributed by atoms with Crippen LogP contribution >= 0.6 is 12.4 Å². The van der Waals surface area contributed by atoms with Gasteiger partial charge in [0.15, 0.2) is 0 Å². The zero-order chi connectivity index (χ0) is 17.9. The Labute approximate surface area is 162 Å².